The normalized spacial score (nSPS) is 38.8. The molecule has 1 atom stereocenters. The van der Waals surface area contributed by atoms with Crippen molar-refractivity contribution < 1.29 is 13.2 Å². The molecule has 0 N–H and O–H groups in total. The van der Waals surface area contributed by atoms with Crippen molar-refractivity contribution in [3.8, 4) is 0 Å². The fourth-order valence-electron chi connectivity index (χ4n) is 1.73. The first-order chi connectivity index (χ1) is 5.04. The summed E-state index contributed by atoms with van der Waals surface area (Å²) in [6.45, 7) is 2.01. The van der Waals surface area contributed by atoms with Crippen LogP contribution in [0.4, 0.5) is 0 Å². The van der Waals surface area contributed by atoms with Crippen LogP contribution in [0.3, 0.4) is 0 Å². The largest absolute Gasteiger partial charge is 0.366 e. The highest BCUT2D eigenvalue weighted by Crippen LogP contribution is 2.45. The maximum atomic E-state index is 11.0. The van der Waals surface area contributed by atoms with Gasteiger partial charge >= 0.3 is 0 Å². The molecule has 3 nitrogen and oxygen atoms in total. The second-order valence-electron chi connectivity index (χ2n) is 3.48. The second kappa shape index (κ2) is 1.98. The first kappa shape index (κ1) is 7.55. The summed E-state index contributed by atoms with van der Waals surface area (Å²) in [4.78, 5) is 0. The average molecular weight is 176 g/mol. The molecule has 2 fully saturated rings. The Hall–Kier alpha value is -0.0900. The van der Waals surface area contributed by atoms with Crippen molar-refractivity contribution in [1.29, 1.82) is 0 Å². The van der Waals surface area contributed by atoms with Crippen molar-refractivity contribution in [3.63, 3.8) is 0 Å². The van der Waals surface area contributed by atoms with Gasteiger partial charge in [0.1, 0.15) is 0 Å². The first-order valence-electron chi connectivity index (χ1n) is 3.92. The summed E-state index contributed by atoms with van der Waals surface area (Å²) in [6.07, 6.45) is 1.70. The van der Waals surface area contributed by atoms with Crippen LogP contribution in [0.25, 0.3) is 0 Å². The average Bonchev–Trinajstić information content (AvgIpc) is 2.54. The SMILES string of the molecule is CC1OC12CCS(=O)(=O)CC2. The molecule has 0 amide bonds. The quantitative estimate of drug-likeness (QED) is 0.500. The lowest BCUT2D eigenvalue weighted by atomic mass is 10.00. The van der Waals surface area contributed by atoms with Gasteiger partial charge in [0.15, 0.2) is 9.84 Å². The summed E-state index contributed by atoms with van der Waals surface area (Å²) in [6, 6.07) is 0. The molecule has 0 aromatic rings. The van der Waals surface area contributed by atoms with Crippen LogP contribution in [0.5, 0.6) is 0 Å². The second-order valence-corrected chi connectivity index (χ2v) is 5.78. The Balaban J connectivity index is 2.07. The fourth-order valence-corrected chi connectivity index (χ4v) is 3.24. The first-order valence-corrected chi connectivity index (χ1v) is 5.75. The van der Waals surface area contributed by atoms with Crippen LogP contribution in [0.2, 0.25) is 0 Å². The predicted molar refractivity (Wildman–Crippen MR) is 41.2 cm³/mol. The van der Waals surface area contributed by atoms with Crippen LogP contribution < -0.4 is 0 Å². The summed E-state index contributed by atoms with van der Waals surface area (Å²) in [5.74, 6) is 0.634. The maximum Gasteiger partial charge on any atom is 0.150 e. The van der Waals surface area contributed by atoms with Crippen molar-refractivity contribution in [2.24, 2.45) is 0 Å². The lowest BCUT2D eigenvalue weighted by Crippen LogP contribution is -2.30. The van der Waals surface area contributed by atoms with E-state index in [1.165, 1.54) is 0 Å². The van der Waals surface area contributed by atoms with E-state index in [-0.39, 0.29) is 11.7 Å². The van der Waals surface area contributed by atoms with Crippen molar-refractivity contribution in [2.45, 2.75) is 31.5 Å². The molecule has 2 aliphatic rings. The Kier molecular flexibility index (Phi) is 1.36. The molecule has 0 radical (unpaired) electrons. The van der Waals surface area contributed by atoms with Crippen molar-refractivity contribution in [2.75, 3.05) is 11.5 Å². The minimum atomic E-state index is -2.72. The summed E-state index contributed by atoms with van der Waals surface area (Å²) >= 11 is 0. The highest BCUT2D eigenvalue weighted by molar-refractivity contribution is 7.91. The zero-order valence-electron chi connectivity index (χ0n) is 6.54. The molecular formula is C7H12O3S. The molecule has 2 saturated heterocycles. The molecular weight excluding hydrogens is 164 g/mol. The molecule has 1 unspecified atom stereocenters. The third kappa shape index (κ3) is 1.18. The Bertz CT molecular complexity index is 253. The van der Waals surface area contributed by atoms with Gasteiger partial charge in [0.25, 0.3) is 0 Å². The molecule has 2 aliphatic heterocycles. The van der Waals surface area contributed by atoms with Gasteiger partial charge in [-0.2, -0.15) is 0 Å². The summed E-state index contributed by atoms with van der Waals surface area (Å²) in [5.41, 5.74) is -0.0364. The molecule has 0 aromatic carbocycles. The van der Waals surface area contributed by atoms with Gasteiger partial charge in [-0.1, -0.05) is 0 Å². The maximum absolute atomic E-state index is 11.0. The van der Waals surface area contributed by atoms with Gasteiger partial charge in [-0.15, -0.1) is 0 Å². The van der Waals surface area contributed by atoms with Gasteiger partial charge in [-0.3, -0.25) is 0 Å². The van der Waals surface area contributed by atoms with Crippen LogP contribution in [-0.2, 0) is 14.6 Å². The predicted octanol–water partition coefficient (Wildman–Crippen LogP) is 0.353. The van der Waals surface area contributed by atoms with Gasteiger partial charge in [0, 0.05) is 0 Å². The van der Waals surface area contributed by atoms with Crippen LogP contribution in [-0.4, -0.2) is 31.6 Å². The topological polar surface area (TPSA) is 46.7 Å². The molecule has 2 heterocycles. The minimum Gasteiger partial charge on any atom is -0.366 e. The van der Waals surface area contributed by atoms with Crippen molar-refractivity contribution in [1.82, 2.24) is 0 Å². The molecule has 4 heteroatoms. The summed E-state index contributed by atoms with van der Waals surface area (Å²) < 4.78 is 27.4. The van der Waals surface area contributed by atoms with E-state index >= 15 is 0 Å². The van der Waals surface area contributed by atoms with E-state index in [1.54, 1.807) is 0 Å². The van der Waals surface area contributed by atoms with Crippen LogP contribution in [0.1, 0.15) is 19.8 Å². The third-order valence-electron chi connectivity index (χ3n) is 2.77. The van der Waals surface area contributed by atoms with Crippen LogP contribution in [0, 0.1) is 0 Å². The van der Waals surface area contributed by atoms with E-state index in [9.17, 15) is 8.42 Å². The smallest absolute Gasteiger partial charge is 0.150 e. The van der Waals surface area contributed by atoms with Gasteiger partial charge in [-0.25, -0.2) is 8.42 Å². The zero-order valence-corrected chi connectivity index (χ0v) is 7.36. The molecule has 2 rings (SSSR count). The molecule has 1 spiro atoms. The Morgan fingerprint density at radius 1 is 1.36 bits per heavy atom. The molecule has 11 heavy (non-hydrogen) atoms. The van der Waals surface area contributed by atoms with Gasteiger partial charge in [-0.05, 0) is 19.8 Å². The van der Waals surface area contributed by atoms with Crippen LogP contribution in [0.15, 0.2) is 0 Å². The Labute approximate surface area is 66.7 Å². The molecule has 64 valence electrons. The van der Waals surface area contributed by atoms with Gasteiger partial charge in [0.2, 0.25) is 0 Å². The van der Waals surface area contributed by atoms with Crippen molar-refractivity contribution in [3.05, 3.63) is 0 Å². The Morgan fingerprint density at radius 2 is 1.82 bits per heavy atom. The van der Waals surface area contributed by atoms with E-state index < -0.39 is 9.84 Å². The van der Waals surface area contributed by atoms with E-state index in [0.29, 0.717) is 24.3 Å². The van der Waals surface area contributed by atoms with E-state index in [4.69, 9.17) is 4.74 Å². The number of sulfone groups is 1. The zero-order chi connectivity index (χ0) is 8.11. The minimum absolute atomic E-state index is 0.0364. The fraction of sp³-hybridized carbons (Fsp3) is 1.00. The highest BCUT2D eigenvalue weighted by Gasteiger charge is 2.55. The van der Waals surface area contributed by atoms with Gasteiger partial charge < -0.3 is 4.74 Å². The number of epoxide rings is 1. The molecule has 0 aromatic heterocycles. The lowest BCUT2D eigenvalue weighted by Gasteiger charge is -2.18. The summed E-state index contributed by atoms with van der Waals surface area (Å²) in [5, 5.41) is 0. The molecule has 0 aliphatic carbocycles. The van der Waals surface area contributed by atoms with Crippen molar-refractivity contribution >= 4 is 9.84 Å². The van der Waals surface area contributed by atoms with E-state index in [0.717, 1.165) is 0 Å². The van der Waals surface area contributed by atoms with E-state index in [2.05, 4.69) is 0 Å². The molecule has 0 saturated carbocycles. The monoisotopic (exact) mass is 176 g/mol. The Morgan fingerprint density at radius 3 is 2.18 bits per heavy atom. The van der Waals surface area contributed by atoms with Crippen LogP contribution >= 0.6 is 0 Å². The number of rotatable bonds is 0. The summed E-state index contributed by atoms with van der Waals surface area (Å²) in [7, 11) is -2.72. The standard InChI is InChI=1S/C7H12O3S/c1-6-7(10-6)2-4-11(8,9)5-3-7/h6H,2-5H2,1H3. The number of ether oxygens (including phenoxy) is 1. The highest BCUT2D eigenvalue weighted by atomic mass is 32.2. The van der Waals surface area contributed by atoms with E-state index in [1.807, 2.05) is 6.92 Å². The number of hydrogen-bond acceptors (Lipinski definition) is 3. The lowest BCUT2D eigenvalue weighted by molar-refractivity contribution is 0.277. The molecule has 0 bridgehead atoms. The number of hydrogen-bond donors (Lipinski definition) is 0. The third-order valence-corrected chi connectivity index (χ3v) is 4.42. The van der Waals surface area contributed by atoms with Gasteiger partial charge in [0.05, 0.1) is 23.2 Å².